The van der Waals surface area contributed by atoms with Crippen molar-refractivity contribution in [1.82, 2.24) is 0 Å². The monoisotopic (exact) mass is 229 g/mol. The van der Waals surface area contributed by atoms with Gasteiger partial charge in [0.1, 0.15) is 6.54 Å². The molecule has 0 bridgehead atoms. The smallest absolute Gasteiger partial charge is 0.169 e. The van der Waals surface area contributed by atoms with Crippen LogP contribution in [-0.4, -0.2) is 18.2 Å². The van der Waals surface area contributed by atoms with Gasteiger partial charge in [-0.1, -0.05) is 0 Å². The molecule has 1 aromatic heterocycles. The quantitative estimate of drug-likeness (QED) is 0.561. The first-order chi connectivity index (χ1) is 6.89. The summed E-state index contributed by atoms with van der Waals surface area (Å²) < 4.78 is 33.8. The maximum absolute atomic E-state index is 10.6. The van der Waals surface area contributed by atoms with Gasteiger partial charge in [-0.15, -0.1) is 0 Å². The molecule has 15 heavy (non-hydrogen) atoms. The topological polar surface area (TPSA) is 61.1 Å². The minimum atomic E-state index is -4.14. The molecule has 0 saturated carbocycles. The minimum absolute atomic E-state index is 0.347. The molecule has 0 aromatic carbocycles. The number of nitrogens with zero attached hydrogens (tertiary/aromatic N) is 1. The summed E-state index contributed by atoms with van der Waals surface area (Å²) in [6, 6.07) is 3.88. The predicted octanol–water partition coefficient (Wildman–Crippen LogP) is 0.606. The molecule has 1 rings (SSSR count). The fourth-order valence-corrected chi connectivity index (χ4v) is 1.55. The third-order valence-electron chi connectivity index (χ3n) is 2.34. The SMILES string of the molecule is Cc1cc[n+](CCC(C)S(=O)(=O)[O-])cc1. The summed E-state index contributed by atoms with van der Waals surface area (Å²) >= 11 is 0. The molecule has 0 aliphatic heterocycles. The van der Waals surface area contributed by atoms with Gasteiger partial charge in [-0.2, -0.15) is 0 Å². The van der Waals surface area contributed by atoms with Crippen LogP contribution in [0.25, 0.3) is 0 Å². The second kappa shape index (κ2) is 4.72. The lowest BCUT2D eigenvalue weighted by Crippen LogP contribution is -2.35. The van der Waals surface area contributed by atoms with Crippen LogP contribution in [0.4, 0.5) is 0 Å². The number of aryl methyl sites for hydroxylation is 2. The van der Waals surface area contributed by atoms with E-state index in [9.17, 15) is 13.0 Å². The van der Waals surface area contributed by atoms with Gasteiger partial charge >= 0.3 is 0 Å². The normalized spacial score (nSPS) is 13.8. The van der Waals surface area contributed by atoms with Crippen LogP contribution >= 0.6 is 0 Å². The number of hydrogen-bond acceptors (Lipinski definition) is 3. The summed E-state index contributed by atoms with van der Waals surface area (Å²) in [5, 5.41) is -0.827. The van der Waals surface area contributed by atoms with E-state index in [1.807, 2.05) is 36.0 Å². The molecule has 0 aliphatic carbocycles. The Balaban J connectivity index is 2.55. The Kier molecular flexibility index (Phi) is 3.82. The third kappa shape index (κ3) is 3.97. The Labute approximate surface area is 90.3 Å². The molecular weight excluding hydrogens is 214 g/mol. The lowest BCUT2D eigenvalue weighted by atomic mass is 10.3. The van der Waals surface area contributed by atoms with E-state index in [0.29, 0.717) is 13.0 Å². The van der Waals surface area contributed by atoms with E-state index in [1.165, 1.54) is 6.92 Å². The van der Waals surface area contributed by atoms with Crippen LogP contribution in [0.2, 0.25) is 0 Å². The first-order valence-electron chi connectivity index (χ1n) is 4.80. The zero-order valence-corrected chi connectivity index (χ0v) is 9.70. The van der Waals surface area contributed by atoms with E-state index < -0.39 is 15.4 Å². The number of hydrogen-bond donors (Lipinski definition) is 0. The van der Waals surface area contributed by atoms with Crippen LogP contribution in [0.5, 0.6) is 0 Å². The molecule has 0 spiro atoms. The van der Waals surface area contributed by atoms with Crippen LogP contribution < -0.4 is 4.57 Å². The largest absolute Gasteiger partial charge is 0.748 e. The minimum Gasteiger partial charge on any atom is -0.748 e. The summed E-state index contributed by atoms with van der Waals surface area (Å²) in [4.78, 5) is 0. The van der Waals surface area contributed by atoms with Gasteiger partial charge in [0.05, 0.1) is 15.4 Å². The fourth-order valence-electron chi connectivity index (χ4n) is 1.16. The number of pyridine rings is 1. The van der Waals surface area contributed by atoms with E-state index in [0.717, 1.165) is 5.56 Å². The van der Waals surface area contributed by atoms with Crippen molar-refractivity contribution in [3.05, 3.63) is 30.1 Å². The lowest BCUT2D eigenvalue weighted by Gasteiger charge is -2.13. The second-order valence-electron chi connectivity index (χ2n) is 3.71. The van der Waals surface area contributed by atoms with Gasteiger partial charge in [-0.25, -0.2) is 13.0 Å². The molecule has 0 saturated heterocycles. The zero-order valence-electron chi connectivity index (χ0n) is 8.88. The summed E-state index contributed by atoms with van der Waals surface area (Å²) in [5.41, 5.74) is 1.15. The fraction of sp³-hybridized carbons (Fsp3) is 0.500. The van der Waals surface area contributed by atoms with Crippen molar-refractivity contribution in [3.63, 3.8) is 0 Å². The molecule has 4 nitrogen and oxygen atoms in total. The van der Waals surface area contributed by atoms with Gasteiger partial charge < -0.3 is 4.55 Å². The van der Waals surface area contributed by atoms with Gasteiger partial charge in [-0.05, 0) is 19.4 Å². The molecular formula is C10H15NO3S. The maximum atomic E-state index is 10.6. The highest BCUT2D eigenvalue weighted by molar-refractivity contribution is 7.86. The van der Waals surface area contributed by atoms with Crippen molar-refractivity contribution in [3.8, 4) is 0 Å². The van der Waals surface area contributed by atoms with Crippen LogP contribution in [0.15, 0.2) is 24.5 Å². The van der Waals surface area contributed by atoms with Gasteiger partial charge in [0.2, 0.25) is 0 Å². The first kappa shape index (κ1) is 12.1. The Hall–Kier alpha value is -0.940. The number of aromatic nitrogens is 1. The molecule has 0 fully saturated rings. The van der Waals surface area contributed by atoms with Gasteiger partial charge in [0, 0.05) is 18.6 Å². The molecule has 0 aliphatic rings. The van der Waals surface area contributed by atoms with Crippen molar-refractivity contribution in [1.29, 1.82) is 0 Å². The van der Waals surface area contributed by atoms with Gasteiger partial charge in [0.25, 0.3) is 0 Å². The molecule has 0 N–H and O–H groups in total. The third-order valence-corrected chi connectivity index (χ3v) is 3.57. The summed E-state index contributed by atoms with van der Waals surface area (Å²) in [5.74, 6) is 0. The van der Waals surface area contributed by atoms with E-state index >= 15 is 0 Å². The molecule has 84 valence electrons. The van der Waals surface area contributed by atoms with Crippen molar-refractivity contribution in [2.45, 2.75) is 32.1 Å². The molecule has 5 heteroatoms. The van der Waals surface area contributed by atoms with Crippen molar-refractivity contribution >= 4 is 10.1 Å². The standard InChI is InChI=1S/C10H15NO3S/c1-9-3-6-11(7-4-9)8-5-10(2)15(12,13)14/h3-4,6-7,10H,5,8H2,1-2H3. The molecule has 1 atom stereocenters. The Morgan fingerprint density at radius 2 is 1.93 bits per heavy atom. The van der Waals surface area contributed by atoms with Crippen LogP contribution in [0.3, 0.4) is 0 Å². The van der Waals surface area contributed by atoms with Crippen molar-refractivity contribution < 1.29 is 17.5 Å². The zero-order chi connectivity index (χ0) is 11.5. The van der Waals surface area contributed by atoms with E-state index in [4.69, 9.17) is 0 Å². The average molecular weight is 229 g/mol. The molecule has 1 aromatic rings. The van der Waals surface area contributed by atoms with E-state index in [2.05, 4.69) is 0 Å². The lowest BCUT2D eigenvalue weighted by molar-refractivity contribution is -0.697. The second-order valence-corrected chi connectivity index (χ2v) is 5.50. The summed E-state index contributed by atoms with van der Waals surface area (Å²) in [7, 11) is -4.14. The maximum Gasteiger partial charge on any atom is 0.169 e. The Morgan fingerprint density at radius 1 is 1.40 bits per heavy atom. The summed E-state index contributed by atoms with van der Waals surface area (Å²) in [6.07, 6.45) is 4.10. The molecule has 1 heterocycles. The highest BCUT2D eigenvalue weighted by Crippen LogP contribution is 2.02. The highest BCUT2D eigenvalue weighted by atomic mass is 32.2. The van der Waals surface area contributed by atoms with E-state index in [1.54, 1.807) is 0 Å². The van der Waals surface area contributed by atoms with Crippen LogP contribution in [0.1, 0.15) is 18.9 Å². The predicted molar refractivity (Wildman–Crippen MR) is 55.2 cm³/mol. The summed E-state index contributed by atoms with van der Waals surface area (Å²) in [6.45, 7) is 3.97. The molecule has 0 amide bonds. The Morgan fingerprint density at radius 3 is 2.40 bits per heavy atom. The van der Waals surface area contributed by atoms with Crippen molar-refractivity contribution in [2.75, 3.05) is 0 Å². The molecule has 1 unspecified atom stereocenters. The van der Waals surface area contributed by atoms with Gasteiger partial charge in [0.15, 0.2) is 12.4 Å². The van der Waals surface area contributed by atoms with Crippen molar-refractivity contribution in [2.24, 2.45) is 0 Å². The highest BCUT2D eigenvalue weighted by Gasteiger charge is 2.12. The van der Waals surface area contributed by atoms with Crippen LogP contribution in [0, 0.1) is 6.92 Å². The van der Waals surface area contributed by atoms with Crippen LogP contribution in [-0.2, 0) is 16.7 Å². The average Bonchev–Trinajstić information content (AvgIpc) is 2.15. The van der Waals surface area contributed by atoms with Gasteiger partial charge in [-0.3, -0.25) is 0 Å². The van der Waals surface area contributed by atoms with E-state index in [-0.39, 0.29) is 0 Å². The first-order valence-corrected chi connectivity index (χ1v) is 6.27. The Bertz CT molecular complexity index is 411. The number of rotatable bonds is 4. The molecule has 0 radical (unpaired) electrons.